The predicted octanol–water partition coefficient (Wildman–Crippen LogP) is 5.90. The van der Waals surface area contributed by atoms with Gasteiger partial charge in [-0.15, -0.1) is 0 Å². The Labute approximate surface area is 227 Å². The number of Topliss-reactive ketones (excluding diaryl/α,β-unsaturated/α-hetero) is 1. The summed E-state index contributed by atoms with van der Waals surface area (Å²) in [7, 11) is 0. The number of likely N-dealkylation sites (tertiary alicyclic amines) is 1. The number of nitrogens with zero attached hydrogens (tertiary/aromatic N) is 2. The van der Waals surface area contributed by atoms with Crippen molar-refractivity contribution in [2.24, 2.45) is 11.8 Å². The van der Waals surface area contributed by atoms with E-state index in [1.807, 2.05) is 18.2 Å². The summed E-state index contributed by atoms with van der Waals surface area (Å²) in [5.41, 5.74) is 3.40. The van der Waals surface area contributed by atoms with Crippen LogP contribution in [-0.2, 0) is 4.74 Å². The van der Waals surface area contributed by atoms with E-state index < -0.39 is 0 Å². The lowest BCUT2D eigenvalue weighted by atomic mass is 9.78. The quantitative estimate of drug-likeness (QED) is 0.406. The van der Waals surface area contributed by atoms with Crippen molar-refractivity contribution in [1.82, 2.24) is 4.90 Å². The van der Waals surface area contributed by atoms with E-state index in [1.165, 1.54) is 75.8 Å². The maximum Gasteiger partial charge on any atom is 0.231 e. The lowest BCUT2D eigenvalue weighted by Crippen LogP contribution is -2.36. The highest BCUT2D eigenvalue weighted by molar-refractivity contribution is 5.96. The maximum atomic E-state index is 13.0. The van der Waals surface area contributed by atoms with Crippen molar-refractivity contribution in [3.8, 4) is 11.5 Å². The summed E-state index contributed by atoms with van der Waals surface area (Å²) >= 11 is 0. The molecule has 0 radical (unpaired) electrons. The van der Waals surface area contributed by atoms with Crippen LogP contribution in [0.15, 0.2) is 42.5 Å². The monoisotopic (exact) mass is 518 g/mol. The number of fused-ring (bicyclic) bond motifs is 1. The number of ether oxygens (including phenoxy) is 3. The standard InChI is InChI=1S/C32H42N2O4/c35-30(27-8-10-28(11-9-27)34-18-20-36-21-19-34)22-25-6-4-24(5-7-25)12-15-33-16-13-26(14-17-33)29-2-1-3-31-32(29)38-23-37-31/h1-3,8-11,24-26H,4-7,12-23H2. The Balaban J connectivity index is 0.898. The molecule has 0 spiro atoms. The van der Waals surface area contributed by atoms with Crippen LogP contribution in [0.5, 0.6) is 11.5 Å². The highest BCUT2D eigenvalue weighted by Gasteiger charge is 2.28. The van der Waals surface area contributed by atoms with E-state index in [0.717, 1.165) is 49.3 Å². The molecular formula is C32H42N2O4. The van der Waals surface area contributed by atoms with Crippen LogP contribution in [-0.4, -0.2) is 63.4 Å². The van der Waals surface area contributed by atoms with Crippen LogP contribution in [0.25, 0.3) is 0 Å². The molecule has 6 heteroatoms. The number of para-hydroxylation sites is 1. The van der Waals surface area contributed by atoms with E-state index in [4.69, 9.17) is 14.2 Å². The molecular weight excluding hydrogens is 476 g/mol. The van der Waals surface area contributed by atoms with Gasteiger partial charge in [0.05, 0.1) is 13.2 Å². The second kappa shape index (κ2) is 12.1. The third kappa shape index (κ3) is 6.02. The first-order valence-corrected chi connectivity index (χ1v) is 14.8. The fraction of sp³-hybridized carbons (Fsp3) is 0.594. The third-order valence-corrected chi connectivity index (χ3v) is 9.31. The van der Waals surface area contributed by atoms with Crippen molar-refractivity contribution in [1.29, 1.82) is 0 Å². The van der Waals surface area contributed by atoms with Crippen molar-refractivity contribution in [3.05, 3.63) is 53.6 Å². The lowest BCUT2D eigenvalue weighted by molar-refractivity contribution is 0.0939. The average Bonchev–Trinajstić information content (AvgIpc) is 3.47. The summed E-state index contributed by atoms with van der Waals surface area (Å²) in [5, 5.41) is 0. The molecule has 1 saturated carbocycles. The first-order chi connectivity index (χ1) is 18.7. The zero-order valence-corrected chi connectivity index (χ0v) is 22.6. The molecule has 3 heterocycles. The van der Waals surface area contributed by atoms with Crippen LogP contribution in [0.4, 0.5) is 5.69 Å². The summed E-state index contributed by atoms with van der Waals surface area (Å²) < 4.78 is 16.8. The minimum absolute atomic E-state index is 0.311. The Morgan fingerprint density at radius 1 is 0.816 bits per heavy atom. The molecule has 3 aliphatic heterocycles. The van der Waals surface area contributed by atoms with E-state index in [9.17, 15) is 4.79 Å². The van der Waals surface area contributed by atoms with Gasteiger partial charge in [-0.25, -0.2) is 0 Å². The van der Waals surface area contributed by atoms with Crippen molar-refractivity contribution in [2.45, 2.75) is 57.3 Å². The predicted molar refractivity (Wildman–Crippen MR) is 149 cm³/mol. The van der Waals surface area contributed by atoms with Crippen LogP contribution < -0.4 is 14.4 Å². The number of carbonyl (C=O) groups is 1. The Hall–Kier alpha value is -2.57. The van der Waals surface area contributed by atoms with Crippen molar-refractivity contribution in [3.63, 3.8) is 0 Å². The summed E-state index contributed by atoms with van der Waals surface area (Å²) in [4.78, 5) is 17.9. The Morgan fingerprint density at radius 2 is 1.55 bits per heavy atom. The molecule has 4 aliphatic rings. The first-order valence-electron chi connectivity index (χ1n) is 14.8. The maximum absolute atomic E-state index is 13.0. The van der Waals surface area contributed by atoms with Gasteiger partial charge in [-0.3, -0.25) is 4.79 Å². The second-order valence-corrected chi connectivity index (χ2v) is 11.6. The topological polar surface area (TPSA) is 51.2 Å². The number of carbonyl (C=O) groups excluding carboxylic acids is 1. The summed E-state index contributed by atoms with van der Waals surface area (Å²) in [5.74, 6) is 4.13. The first kappa shape index (κ1) is 25.7. The van der Waals surface area contributed by atoms with Crippen molar-refractivity contribution in [2.75, 3.05) is 57.6 Å². The van der Waals surface area contributed by atoms with Gasteiger partial charge in [-0.05, 0) is 99.8 Å². The van der Waals surface area contributed by atoms with E-state index in [0.29, 0.717) is 30.8 Å². The molecule has 2 saturated heterocycles. The van der Waals surface area contributed by atoms with Gasteiger partial charge in [0.15, 0.2) is 17.3 Å². The normalized spacial score (nSPS) is 24.5. The smallest absolute Gasteiger partial charge is 0.231 e. The molecule has 2 aromatic carbocycles. The van der Waals surface area contributed by atoms with E-state index >= 15 is 0 Å². The minimum Gasteiger partial charge on any atom is -0.454 e. The lowest BCUT2D eigenvalue weighted by Gasteiger charge is -2.34. The van der Waals surface area contributed by atoms with E-state index in [2.05, 4.69) is 34.1 Å². The Kier molecular flexibility index (Phi) is 8.17. The van der Waals surface area contributed by atoms with Gasteiger partial charge in [0.1, 0.15) is 0 Å². The molecule has 1 aliphatic carbocycles. The molecule has 0 bridgehead atoms. The van der Waals surface area contributed by atoms with Crippen molar-refractivity contribution < 1.29 is 19.0 Å². The Morgan fingerprint density at radius 3 is 2.32 bits per heavy atom. The molecule has 204 valence electrons. The van der Waals surface area contributed by atoms with Gasteiger partial charge < -0.3 is 24.0 Å². The third-order valence-electron chi connectivity index (χ3n) is 9.31. The number of morpholine rings is 1. The molecule has 0 atom stereocenters. The number of anilines is 1. The van der Waals surface area contributed by atoms with Crippen LogP contribution in [0.3, 0.4) is 0 Å². The molecule has 2 aromatic rings. The summed E-state index contributed by atoms with van der Waals surface area (Å²) in [6, 6.07) is 14.6. The number of ketones is 1. The highest BCUT2D eigenvalue weighted by atomic mass is 16.7. The fourth-order valence-corrected chi connectivity index (χ4v) is 6.89. The molecule has 3 fully saturated rings. The Bertz CT molecular complexity index is 1070. The highest BCUT2D eigenvalue weighted by Crippen LogP contribution is 2.42. The number of hydrogen-bond acceptors (Lipinski definition) is 6. The zero-order valence-electron chi connectivity index (χ0n) is 22.6. The molecule has 6 nitrogen and oxygen atoms in total. The molecule has 38 heavy (non-hydrogen) atoms. The van der Waals surface area contributed by atoms with Gasteiger partial charge >= 0.3 is 0 Å². The van der Waals surface area contributed by atoms with Crippen LogP contribution >= 0.6 is 0 Å². The summed E-state index contributed by atoms with van der Waals surface area (Å²) in [6.45, 7) is 7.32. The minimum atomic E-state index is 0.311. The van der Waals surface area contributed by atoms with Gasteiger partial charge in [0, 0.05) is 36.3 Å². The average molecular weight is 519 g/mol. The number of benzene rings is 2. The molecule has 0 amide bonds. The molecule has 0 N–H and O–H groups in total. The zero-order chi connectivity index (χ0) is 25.7. The fourth-order valence-electron chi connectivity index (χ4n) is 6.89. The van der Waals surface area contributed by atoms with Gasteiger partial charge in [-0.1, -0.05) is 25.0 Å². The van der Waals surface area contributed by atoms with Crippen LogP contribution in [0.1, 0.15) is 73.2 Å². The van der Waals surface area contributed by atoms with E-state index in [-0.39, 0.29) is 0 Å². The van der Waals surface area contributed by atoms with Gasteiger partial charge in [0.2, 0.25) is 6.79 Å². The second-order valence-electron chi connectivity index (χ2n) is 11.6. The van der Waals surface area contributed by atoms with Crippen molar-refractivity contribution >= 4 is 11.5 Å². The van der Waals surface area contributed by atoms with Gasteiger partial charge in [0.25, 0.3) is 0 Å². The SMILES string of the molecule is O=C(CC1CCC(CCN2CCC(c3cccc4c3OCO4)CC2)CC1)c1ccc(N2CCOCC2)cc1. The van der Waals surface area contributed by atoms with Gasteiger partial charge in [-0.2, -0.15) is 0 Å². The van der Waals surface area contributed by atoms with Crippen LogP contribution in [0, 0.1) is 11.8 Å². The largest absolute Gasteiger partial charge is 0.454 e. The molecule has 0 unspecified atom stereocenters. The van der Waals surface area contributed by atoms with Crippen LogP contribution in [0.2, 0.25) is 0 Å². The molecule has 0 aromatic heterocycles. The number of hydrogen-bond donors (Lipinski definition) is 0. The van der Waals surface area contributed by atoms with E-state index in [1.54, 1.807) is 0 Å². The number of rotatable bonds is 8. The summed E-state index contributed by atoms with van der Waals surface area (Å²) in [6.07, 6.45) is 9.35. The molecule has 6 rings (SSSR count). The number of piperidine rings is 1.